The van der Waals surface area contributed by atoms with Gasteiger partial charge in [-0.2, -0.15) is 0 Å². The predicted octanol–water partition coefficient (Wildman–Crippen LogP) is 5.45. The summed E-state index contributed by atoms with van der Waals surface area (Å²) in [6.45, 7) is 6.73. The highest BCUT2D eigenvalue weighted by Crippen LogP contribution is 2.60. The second kappa shape index (κ2) is 12.6. The highest BCUT2D eigenvalue weighted by molar-refractivity contribution is 14.1. The maximum Gasteiger partial charge on any atom is 0.264 e. The number of ether oxygens (including phenoxy) is 2. The third kappa shape index (κ3) is 5.84. The summed E-state index contributed by atoms with van der Waals surface area (Å²) in [5.74, 6) is -0.0135. The van der Waals surface area contributed by atoms with Gasteiger partial charge in [-0.1, -0.05) is 54.6 Å². The molecule has 1 saturated heterocycles. The molecule has 1 fully saturated rings. The van der Waals surface area contributed by atoms with Crippen LogP contribution in [0.3, 0.4) is 0 Å². The van der Waals surface area contributed by atoms with Gasteiger partial charge >= 0.3 is 0 Å². The van der Waals surface area contributed by atoms with Gasteiger partial charge in [0.25, 0.3) is 5.91 Å². The Hall–Kier alpha value is -3.10. The van der Waals surface area contributed by atoms with Crippen molar-refractivity contribution in [2.45, 2.75) is 62.7 Å². The van der Waals surface area contributed by atoms with Gasteiger partial charge in [0, 0.05) is 33.3 Å². The molecule has 11 heteroatoms. The van der Waals surface area contributed by atoms with Gasteiger partial charge < -0.3 is 24.3 Å². The minimum atomic E-state index is -2.83. The third-order valence-electron chi connectivity index (χ3n) is 9.36. The first-order valence-corrected chi connectivity index (χ1v) is 19.4. The van der Waals surface area contributed by atoms with Crippen LogP contribution in [0.5, 0.6) is 5.75 Å². The lowest BCUT2D eigenvalue weighted by Crippen LogP contribution is -2.46. The number of rotatable bonds is 10. The Labute approximate surface area is 278 Å². The van der Waals surface area contributed by atoms with Gasteiger partial charge in [-0.05, 0) is 83.6 Å². The highest BCUT2D eigenvalue weighted by atomic mass is 127. The largest absolute Gasteiger partial charge is 0.497 e. The molecule has 2 aliphatic heterocycles. The second-order valence-corrected chi connectivity index (χ2v) is 17.8. The standard InChI is InChI=1S/C34H39IN4O5Si/c1-22-32(45(3,4)42)31(15-16-38-20-29(36-37-38)27(21-40)24-10-6-5-7-11-24)44-34(22)28-18-26(43-2)13-14-30(28)39(33(34)41)19-23-9-8-12-25(35)17-23/h5-14,17-18,20,22,27,31-32,40,42H,15-16,19,21H2,1-4H3/t22-,27?,31+,32-,34+/m0/s1. The van der Waals surface area contributed by atoms with Crippen LogP contribution in [0.25, 0.3) is 0 Å². The molecule has 2 aliphatic rings. The quantitative estimate of drug-likeness (QED) is 0.165. The maximum atomic E-state index is 14.7. The Balaban J connectivity index is 1.31. The van der Waals surface area contributed by atoms with E-state index in [1.165, 1.54) is 0 Å². The topological polar surface area (TPSA) is 110 Å². The molecule has 2 N–H and O–H groups in total. The number of methoxy groups -OCH3 is 1. The molecule has 236 valence electrons. The van der Waals surface area contributed by atoms with E-state index in [-0.39, 0.29) is 36.0 Å². The van der Waals surface area contributed by atoms with E-state index in [0.29, 0.717) is 31.0 Å². The summed E-state index contributed by atoms with van der Waals surface area (Å²) in [6.07, 6.45) is 2.01. The van der Waals surface area contributed by atoms with Crippen molar-refractivity contribution in [2.75, 3.05) is 18.6 Å². The Bertz CT molecular complexity index is 1680. The van der Waals surface area contributed by atoms with Gasteiger partial charge in [0.05, 0.1) is 43.7 Å². The first-order valence-electron chi connectivity index (χ1n) is 15.3. The number of hydrogen-bond acceptors (Lipinski definition) is 7. The zero-order chi connectivity index (χ0) is 31.9. The van der Waals surface area contributed by atoms with Crippen LogP contribution in [-0.4, -0.2) is 58.9 Å². The molecule has 3 aromatic carbocycles. The van der Waals surface area contributed by atoms with E-state index in [1.54, 1.807) is 11.8 Å². The molecule has 0 radical (unpaired) electrons. The highest BCUT2D eigenvalue weighted by Gasteiger charge is 2.66. The number of halogens is 1. The maximum absolute atomic E-state index is 14.7. The first kappa shape index (κ1) is 31.9. The second-order valence-electron chi connectivity index (χ2n) is 12.6. The SMILES string of the molecule is COc1ccc2c(c1)[C@@]1(O[C@H](CCn3cc(C(CO)c4ccccc4)nn3)[C@@H]([Si](C)(C)O)[C@@H]1C)C(=O)N2Cc1cccc(I)c1. The number of carbonyl (C=O) groups excluding carboxylic acids is 1. The minimum Gasteiger partial charge on any atom is -0.497 e. The molecule has 1 spiro atoms. The van der Waals surface area contributed by atoms with Gasteiger partial charge in [-0.15, -0.1) is 5.10 Å². The number of nitrogens with zero attached hydrogens (tertiary/aromatic N) is 4. The molecular weight excluding hydrogens is 699 g/mol. The lowest BCUT2D eigenvalue weighted by molar-refractivity contribution is -0.146. The van der Waals surface area contributed by atoms with Crippen molar-refractivity contribution in [1.82, 2.24) is 15.0 Å². The number of aliphatic hydroxyl groups excluding tert-OH is 1. The fourth-order valence-corrected chi connectivity index (χ4v) is 10.5. The number of fused-ring (bicyclic) bond motifs is 2. The average molecular weight is 739 g/mol. The molecule has 1 aromatic heterocycles. The number of amides is 1. The van der Waals surface area contributed by atoms with Crippen LogP contribution in [-0.2, 0) is 28.2 Å². The van der Waals surface area contributed by atoms with Crippen LogP contribution < -0.4 is 9.64 Å². The number of aromatic nitrogens is 3. The summed E-state index contributed by atoms with van der Waals surface area (Å²) < 4.78 is 15.5. The van der Waals surface area contributed by atoms with E-state index in [0.717, 1.165) is 25.9 Å². The van der Waals surface area contributed by atoms with E-state index in [1.807, 2.05) is 97.8 Å². The Morgan fingerprint density at radius 1 is 1.11 bits per heavy atom. The molecule has 5 atom stereocenters. The molecule has 4 aromatic rings. The molecular formula is C34H39IN4O5Si. The number of benzene rings is 3. The van der Waals surface area contributed by atoms with Crippen LogP contribution >= 0.6 is 22.6 Å². The molecule has 3 heterocycles. The van der Waals surface area contributed by atoms with Crippen LogP contribution in [0.15, 0.2) is 79.0 Å². The predicted molar refractivity (Wildman–Crippen MR) is 183 cm³/mol. The lowest BCUT2D eigenvalue weighted by Gasteiger charge is -2.32. The summed E-state index contributed by atoms with van der Waals surface area (Å²) in [5.41, 5.74) is 2.81. The molecule has 1 unspecified atom stereocenters. The van der Waals surface area contributed by atoms with Crippen molar-refractivity contribution in [1.29, 1.82) is 0 Å². The molecule has 6 rings (SSSR count). The normalized spacial score (nSPS) is 23.5. The van der Waals surface area contributed by atoms with Crippen molar-refractivity contribution in [3.8, 4) is 5.75 Å². The van der Waals surface area contributed by atoms with Gasteiger partial charge in [0.1, 0.15) is 5.75 Å². The van der Waals surface area contributed by atoms with Crippen LogP contribution in [0.2, 0.25) is 18.6 Å². The summed E-state index contributed by atoms with van der Waals surface area (Å²) in [6, 6.07) is 23.7. The van der Waals surface area contributed by atoms with E-state index < -0.39 is 13.9 Å². The molecule has 0 aliphatic carbocycles. The number of aryl methyl sites for hydroxylation is 1. The smallest absolute Gasteiger partial charge is 0.264 e. The van der Waals surface area contributed by atoms with Gasteiger partial charge in [-0.25, -0.2) is 0 Å². The van der Waals surface area contributed by atoms with Crippen molar-refractivity contribution in [2.24, 2.45) is 5.92 Å². The number of carbonyl (C=O) groups is 1. The number of anilines is 1. The van der Waals surface area contributed by atoms with Crippen LogP contribution in [0.4, 0.5) is 5.69 Å². The van der Waals surface area contributed by atoms with Crippen molar-refractivity contribution in [3.05, 3.63) is 105 Å². The fraction of sp³-hybridized carbons (Fsp3) is 0.382. The van der Waals surface area contributed by atoms with E-state index in [2.05, 4.69) is 39.0 Å². The third-order valence-corrected chi connectivity index (χ3v) is 12.5. The van der Waals surface area contributed by atoms with Crippen molar-refractivity contribution >= 4 is 42.5 Å². The minimum absolute atomic E-state index is 0.0789. The molecule has 0 saturated carbocycles. The Morgan fingerprint density at radius 2 is 1.89 bits per heavy atom. The fourth-order valence-electron chi connectivity index (χ4n) is 7.33. The van der Waals surface area contributed by atoms with Gasteiger partial charge in [0.15, 0.2) is 13.9 Å². The summed E-state index contributed by atoms with van der Waals surface area (Å²) in [5, 5.41) is 18.9. The van der Waals surface area contributed by atoms with Crippen molar-refractivity contribution in [3.63, 3.8) is 0 Å². The van der Waals surface area contributed by atoms with Crippen LogP contribution in [0.1, 0.15) is 41.6 Å². The Morgan fingerprint density at radius 3 is 2.58 bits per heavy atom. The van der Waals surface area contributed by atoms with Gasteiger partial charge in [0.2, 0.25) is 0 Å². The number of hydrogen-bond donors (Lipinski definition) is 2. The summed E-state index contributed by atoms with van der Waals surface area (Å²) >= 11 is 2.29. The average Bonchev–Trinajstić information content (AvgIpc) is 3.67. The number of aliphatic hydroxyl groups is 1. The monoisotopic (exact) mass is 738 g/mol. The van der Waals surface area contributed by atoms with Gasteiger partial charge in [-0.3, -0.25) is 9.48 Å². The van der Waals surface area contributed by atoms with E-state index in [9.17, 15) is 14.7 Å². The summed E-state index contributed by atoms with van der Waals surface area (Å²) in [4.78, 5) is 28.1. The summed E-state index contributed by atoms with van der Waals surface area (Å²) in [7, 11) is -1.21. The van der Waals surface area contributed by atoms with Crippen LogP contribution in [0, 0.1) is 9.49 Å². The first-order chi connectivity index (χ1) is 21.6. The van der Waals surface area contributed by atoms with E-state index in [4.69, 9.17) is 9.47 Å². The Kier molecular flexibility index (Phi) is 8.92. The zero-order valence-electron chi connectivity index (χ0n) is 25.9. The molecule has 0 bridgehead atoms. The van der Waals surface area contributed by atoms with E-state index >= 15 is 0 Å². The zero-order valence-corrected chi connectivity index (χ0v) is 29.1. The lowest BCUT2D eigenvalue weighted by atomic mass is 9.82. The molecule has 1 amide bonds. The molecule has 45 heavy (non-hydrogen) atoms. The van der Waals surface area contributed by atoms with Crippen molar-refractivity contribution < 1.29 is 24.2 Å². The molecule has 9 nitrogen and oxygen atoms in total.